The van der Waals surface area contributed by atoms with Crippen LogP contribution in [0.25, 0.3) is 0 Å². The lowest BCUT2D eigenvalue weighted by molar-refractivity contribution is -0.210. The molecule has 0 aromatic rings. The van der Waals surface area contributed by atoms with E-state index in [2.05, 4.69) is 0 Å². The number of carbonyl (C=O) groups is 4. The average Bonchev–Trinajstić information content (AvgIpc) is 2.62. The molecule has 0 heterocycles. The van der Waals surface area contributed by atoms with Crippen LogP contribution in [0.3, 0.4) is 0 Å². The van der Waals surface area contributed by atoms with Crippen molar-refractivity contribution in [3.8, 4) is 0 Å². The molecule has 0 radical (unpaired) electrons. The maximum atomic E-state index is 11.2. The molecule has 4 unspecified atom stereocenters. The van der Waals surface area contributed by atoms with Crippen molar-refractivity contribution in [3.05, 3.63) is 0 Å². The molecule has 0 aliphatic rings. The molecule has 12 nitrogen and oxygen atoms in total. The summed E-state index contributed by atoms with van der Waals surface area (Å²) in [6.07, 6.45) is -3.26. The number of rotatable bonds is 12. The molecule has 0 aliphatic carbocycles. The maximum Gasteiger partial charge on any atom is 0.339 e. The van der Waals surface area contributed by atoms with E-state index in [1.54, 1.807) is 13.8 Å². The number of aliphatic carboxylic acids is 4. The summed E-state index contributed by atoms with van der Waals surface area (Å²) in [6.45, 7) is 3.57. The first kappa shape index (κ1) is 27.9. The summed E-state index contributed by atoms with van der Waals surface area (Å²) in [5.41, 5.74) is -5.30. The van der Waals surface area contributed by atoms with Crippen LogP contribution in [0.1, 0.15) is 52.4 Å². The molecule has 164 valence electrons. The highest BCUT2D eigenvalue weighted by Gasteiger charge is 2.59. The van der Waals surface area contributed by atoms with E-state index in [-0.39, 0.29) is 12.8 Å². The Balaban J connectivity index is 0. The Morgan fingerprint density at radius 1 is 0.679 bits per heavy atom. The Hall–Kier alpha value is -2.28. The Morgan fingerprint density at radius 2 is 0.929 bits per heavy atom. The van der Waals surface area contributed by atoms with E-state index in [1.165, 1.54) is 0 Å². The molecule has 28 heavy (non-hydrogen) atoms. The van der Waals surface area contributed by atoms with Gasteiger partial charge >= 0.3 is 23.9 Å². The van der Waals surface area contributed by atoms with Crippen molar-refractivity contribution >= 4 is 23.9 Å². The number of hydrogen-bond donors (Lipinski definition) is 8. The van der Waals surface area contributed by atoms with Gasteiger partial charge in [0.15, 0.2) is 12.2 Å². The van der Waals surface area contributed by atoms with E-state index in [1.807, 2.05) is 0 Å². The van der Waals surface area contributed by atoms with Crippen LogP contribution >= 0.6 is 0 Å². The molecular formula is C16H28O12. The molecule has 12 heteroatoms. The molecule has 8 N–H and O–H groups in total. The summed E-state index contributed by atoms with van der Waals surface area (Å²) in [6, 6.07) is 0. The smallest absolute Gasteiger partial charge is 0.339 e. The minimum atomic E-state index is -2.65. The van der Waals surface area contributed by atoms with Gasteiger partial charge in [0, 0.05) is 0 Å². The molecule has 0 rings (SSSR count). The molecule has 0 aromatic carbocycles. The van der Waals surface area contributed by atoms with Crippen molar-refractivity contribution in [1.29, 1.82) is 0 Å². The van der Waals surface area contributed by atoms with Gasteiger partial charge in [0.25, 0.3) is 0 Å². The van der Waals surface area contributed by atoms with Crippen LogP contribution in [0.15, 0.2) is 0 Å². The van der Waals surface area contributed by atoms with E-state index in [0.29, 0.717) is 25.7 Å². The van der Waals surface area contributed by atoms with Gasteiger partial charge in [-0.15, -0.1) is 0 Å². The SMILES string of the molecule is CCCCC(O)(C(=O)O)C(O)(CCCC)C(=O)O.O=C(O)C(O)C(O)C(=O)O. The Labute approximate surface area is 160 Å². The topological polar surface area (TPSA) is 230 Å². The van der Waals surface area contributed by atoms with E-state index < -0.39 is 47.3 Å². The van der Waals surface area contributed by atoms with Crippen LogP contribution in [0.2, 0.25) is 0 Å². The van der Waals surface area contributed by atoms with Crippen molar-refractivity contribution in [2.24, 2.45) is 0 Å². The number of carboxylic acid groups (broad SMARTS) is 4. The van der Waals surface area contributed by atoms with Gasteiger partial charge in [0.2, 0.25) is 11.2 Å². The van der Waals surface area contributed by atoms with Crippen LogP contribution in [0.5, 0.6) is 0 Å². The monoisotopic (exact) mass is 412 g/mol. The number of unbranched alkanes of at least 4 members (excludes halogenated alkanes) is 2. The zero-order valence-electron chi connectivity index (χ0n) is 15.6. The summed E-state index contributed by atoms with van der Waals surface area (Å²) in [4.78, 5) is 41.9. The van der Waals surface area contributed by atoms with Gasteiger partial charge in [0.05, 0.1) is 0 Å². The van der Waals surface area contributed by atoms with Gasteiger partial charge in [-0.05, 0) is 12.8 Å². The second kappa shape index (κ2) is 12.2. The zero-order chi connectivity index (χ0) is 22.7. The van der Waals surface area contributed by atoms with Gasteiger partial charge < -0.3 is 40.9 Å². The lowest BCUT2D eigenvalue weighted by atomic mass is 9.76. The molecule has 4 atom stereocenters. The summed E-state index contributed by atoms with van der Waals surface area (Å²) < 4.78 is 0. The fraction of sp³-hybridized carbons (Fsp3) is 0.750. The molecule has 0 saturated carbocycles. The second-order valence-corrected chi connectivity index (χ2v) is 6.10. The van der Waals surface area contributed by atoms with Crippen LogP contribution in [-0.4, -0.2) is 88.1 Å². The minimum absolute atomic E-state index is 0.286. The molecule has 0 spiro atoms. The summed E-state index contributed by atoms with van der Waals surface area (Å²) >= 11 is 0. The van der Waals surface area contributed by atoms with Gasteiger partial charge in [-0.2, -0.15) is 0 Å². The molecule has 0 fully saturated rings. The van der Waals surface area contributed by atoms with Gasteiger partial charge in [-0.1, -0.05) is 39.5 Å². The maximum absolute atomic E-state index is 11.2. The lowest BCUT2D eigenvalue weighted by Crippen LogP contribution is -2.63. The quantitative estimate of drug-likeness (QED) is 0.190. The Kier molecular flexibility index (Phi) is 12.2. The predicted molar refractivity (Wildman–Crippen MR) is 91.5 cm³/mol. The van der Waals surface area contributed by atoms with E-state index in [9.17, 15) is 29.4 Å². The first-order valence-electron chi connectivity index (χ1n) is 8.46. The molecule has 0 bridgehead atoms. The molecule has 0 aromatic heterocycles. The number of carboxylic acids is 4. The van der Waals surface area contributed by atoms with Crippen LogP contribution in [0.4, 0.5) is 0 Å². The number of aliphatic hydroxyl groups excluding tert-OH is 2. The summed E-state index contributed by atoms with van der Waals surface area (Å²) in [5.74, 6) is -6.93. The Bertz CT molecular complexity index is 500. The summed E-state index contributed by atoms with van der Waals surface area (Å²) in [5, 5.41) is 70.9. The Morgan fingerprint density at radius 3 is 1.07 bits per heavy atom. The van der Waals surface area contributed by atoms with Crippen molar-refractivity contribution < 1.29 is 60.0 Å². The fourth-order valence-corrected chi connectivity index (χ4v) is 2.12. The highest BCUT2D eigenvalue weighted by atomic mass is 16.5. The number of hydrogen-bond acceptors (Lipinski definition) is 8. The fourth-order valence-electron chi connectivity index (χ4n) is 2.12. The van der Waals surface area contributed by atoms with Gasteiger partial charge in [0.1, 0.15) is 0 Å². The first-order chi connectivity index (χ1) is 12.7. The van der Waals surface area contributed by atoms with Gasteiger partial charge in [-0.25, -0.2) is 19.2 Å². The van der Waals surface area contributed by atoms with Crippen LogP contribution in [0, 0.1) is 0 Å². The zero-order valence-corrected chi connectivity index (χ0v) is 15.6. The van der Waals surface area contributed by atoms with Crippen molar-refractivity contribution in [1.82, 2.24) is 0 Å². The minimum Gasteiger partial charge on any atom is -0.479 e. The first-order valence-corrected chi connectivity index (χ1v) is 8.46. The normalized spacial score (nSPS) is 17.1. The standard InChI is InChI=1S/C12H22O6.C4H6O6/c1-3-5-7-11(17,9(13)14)12(18,10(15)16)8-6-4-2;5-1(3(7)8)2(6)4(9)10/h17-18H,3-8H2,1-2H3,(H,13,14)(H,15,16);1-2,5-6H,(H,7,8)(H,9,10). The van der Waals surface area contributed by atoms with Gasteiger partial charge in [-0.3, -0.25) is 0 Å². The predicted octanol–water partition coefficient (Wildman–Crippen LogP) is -1.12. The molecule has 0 amide bonds. The van der Waals surface area contributed by atoms with Crippen LogP contribution in [-0.2, 0) is 19.2 Å². The van der Waals surface area contributed by atoms with Crippen molar-refractivity contribution in [2.75, 3.05) is 0 Å². The average molecular weight is 412 g/mol. The molecule has 0 saturated heterocycles. The third kappa shape index (κ3) is 7.38. The number of aliphatic hydroxyl groups is 4. The third-order valence-electron chi connectivity index (χ3n) is 3.98. The van der Waals surface area contributed by atoms with Crippen molar-refractivity contribution in [3.63, 3.8) is 0 Å². The second-order valence-electron chi connectivity index (χ2n) is 6.10. The third-order valence-corrected chi connectivity index (χ3v) is 3.98. The van der Waals surface area contributed by atoms with E-state index >= 15 is 0 Å². The van der Waals surface area contributed by atoms with E-state index in [4.69, 9.17) is 30.6 Å². The summed E-state index contributed by atoms with van der Waals surface area (Å²) in [7, 11) is 0. The molecule has 0 aliphatic heterocycles. The highest BCUT2D eigenvalue weighted by Crippen LogP contribution is 2.33. The van der Waals surface area contributed by atoms with E-state index in [0.717, 1.165) is 0 Å². The highest BCUT2D eigenvalue weighted by molar-refractivity contribution is 5.90. The molecular weight excluding hydrogens is 384 g/mol. The largest absolute Gasteiger partial charge is 0.479 e. The lowest BCUT2D eigenvalue weighted by Gasteiger charge is -2.37. The van der Waals surface area contributed by atoms with Crippen molar-refractivity contribution in [2.45, 2.75) is 75.8 Å². The van der Waals surface area contributed by atoms with Crippen LogP contribution < -0.4 is 0 Å².